The highest BCUT2D eigenvalue weighted by atomic mass is 16.3. The van der Waals surface area contributed by atoms with Crippen LogP contribution in [0, 0.1) is 0 Å². The van der Waals surface area contributed by atoms with Crippen molar-refractivity contribution in [3.05, 3.63) is 11.8 Å². The number of fused-ring (bicyclic) bond motifs is 2. The van der Waals surface area contributed by atoms with Gasteiger partial charge in [-0.05, 0) is 25.7 Å². The number of aromatic nitrogens is 2. The van der Waals surface area contributed by atoms with E-state index in [1.165, 1.54) is 6.20 Å². The van der Waals surface area contributed by atoms with Gasteiger partial charge in [-0.2, -0.15) is 5.10 Å². The molecule has 2 aliphatic heterocycles. The molecule has 92 valence electrons. The van der Waals surface area contributed by atoms with E-state index in [0.717, 1.165) is 12.8 Å². The topological polar surface area (TPSA) is 95.2 Å². The first-order valence-electron chi connectivity index (χ1n) is 5.96. The number of piperidine rings is 1. The average Bonchev–Trinajstić information content (AvgIpc) is 2.81. The standard InChI is InChI=1S/C11H16N4O2/c12-10-9(5-13-14-10)11(17)15-6-1-2-7(15)4-8(16)3-6/h5-8,16H,1-4H2,(H3,12,13,14). The molecule has 1 amide bonds. The van der Waals surface area contributed by atoms with Crippen molar-refractivity contribution in [3.63, 3.8) is 0 Å². The molecule has 4 N–H and O–H groups in total. The van der Waals surface area contributed by atoms with Crippen LogP contribution in [0.2, 0.25) is 0 Å². The fourth-order valence-corrected chi connectivity index (χ4v) is 3.09. The molecule has 2 atom stereocenters. The molecule has 0 radical (unpaired) electrons. The molecule has 3 heterocycles. The Balaban J connectivity index is 1.86. The minimum Gasteiger partial charge on any atom is -0.393 e. The molecule has 2 bridgehead atoms. The molecular weight excluding hydrogens is 220 g/mol. The Morgan fingerprint density at radius 3 is 2.65 bits per heavy atom. The van der Waals surface area contributed by atoms with Gasteiger partial charge in [-0.15, -0.1) is 0 Å². The molecular formula is C11H16N4O2. The number of nitrogens with zero attached hydrogens (tertiary/aromatic N) is 2. The van der Waals surface area contributed by atoms with E-state index in [0.29, 0.717) is 24.2 Å². The third-order valence-electron chi connectivity index (χ3n) is 3.84. The van der Waals surface area contributed by atoms with Crippen molar-refractivity contribution in [2.24, 2.45) is 0 Å². The Labute approximate surface area is 98.8 Å². The van der Waals surface area contributed by atoms with E-state index in [2.05, 4.69) is 10.2 Å². The van der Waals surface area contributed by atoms with Crippen LogP contribution in [0.25, 0.3) is 0 Å². The molecule has 2 saturated heterocycles. The summed E-state index contributed by atoms with van der Waals surface area (Å²) < 4.78 is 0. The normalized spacial score (nSPS) is 31.8. The highest BCUT2D eigenvalue weighted by Gasteiger charge is 2.43. The number of aliphatic hydroxyl groups is 1. The van der Waals surface area contributed by atoms with Crippen LogP contribution in [0.5, 0.6) is 0 Å². The van der Waals surface area contributed by atoms with Gasteiger partial charge in [0.25, 0.3) is 5.91 Å². The fraction of sp³-hybridized carbons (Fsp3) is 0.636. The first-order chi connectivity index (χ1) is 8.16. The summed E-state index contributed by atoms with van der Waals surface area (Å²) in [6.45, 7) is 0. The minimum atomic E-state index is -0.266. The summed E-state index contributed by atoms with van der Waals surface area (Å²) >= 11 is 0. The van der Waals surface area contributed by atoms with E-state index in [4.69, 9.17) is 5.73 Å². The van der Waals surface area contributed by atoms with Gasteiger partial charge in [-0.25, -0.2) is 0 Å². The molecule has 2 fully saturated rings. The molecule has 0 aliphatic carbocycles. The summed E-state index contributed by atoms with van der Waals surface area (Å²) in [5, 5.41) is 16.0. The highest BCUT2D eigenvalue weighted by Crippen LogP contribution is 2.37. The number of anilines is 1. The molecule has 2 unspecified atom stereocenters. The van der Waals surface area contributed by atoms with E-state index in [-0.39, 0.29) is 24.1 Å². The minimum absolute atomic E-state index is 0.0596. The van der Waals surface area contributed by atoms with Gasteiger partial charge in [0.1, 0.15) is 11.4 Å². The second-order valence-electron chi connectivity index (χ2n) is 4.92. The molecule has 1 aromatic heterocycles. The summed E-state index contributed by atoms with van der Waals surface area (Å²) in [5.41, 5.74) is 6.11. The Morgan fingerprint density at radius 2 is 2.12 bits per heavy atom. The molecule has 6 nitrogen and oxygen atoms in total. The average molecular weight is 236 g/mol. The molecule has 6 heteroatoms. The van der Waals surface area contributed by atoms with Crippen LogP contribution in [0.4, 0.5) is 5.82 Å². The van der Waals surface area contributed by atoms with Gasteiger partial charge >= 0.3 is 0 Å². The lowest BCUT2D eigenvalue weighted by molar-refractivity contribution is 0.0288. The van der Waals surface area contributed by atoms with Crippen molar-refractivity contribution >= 4 is 11.7 Å². The number of aromatic amines is 1. The summed E-state index contributed by atoms with van der Waals surface area (Å²) in [5.74, 6) is 0.260. The highest BCUT2D eigenvalue weighted by molar-refractivity contribution is 5.98. The zero-order chi connectivity index (χ0) is 12.0. The third kappa shape index (κ3) is 1.59. The van der Waals surface area contributed by atoms with Gasteiger partial charge in [0.2, 0.25) is 0 Å². The van der Waals surface area contributed by atoms with Gasteiger partial charge in [-0.3, -0.25) is 9.89 Å². The van der Waals surface area contributed by atoms with Gasteiger partial charge in [0.15, 0.2) is 0 Å². The molecule has 1 aromatic rings. The van der Waals surface area contributed by atoms with Crippen LogP contribution in [0.15, 0.2) is 6.20 Å². The Morgan fingerprint density at radius 1 is 1.47 bits per heavy atom. The second kappa shape index (κ2) is 3.73. The van der Waals surface area contributed by atoms with Crippen molar-refractivity contribution in [3.8, 4) is 0 Å². The van der Waals surface area contributed by atoms with Crippen molar-refractivity contribution < 1.29 is 9.90 Å². The van der Waals surface area contributed by atoms with E-state index in [1.807, 2.05) is 4.90 Å². The quantitative estimate of drug-likeness (QED) is 0.645. The number of aliphatic hydroxyl groups excluding tert-OH is 1. The Bertz CT molecular complexity index is 430. The number of nitrogens with one attached hydrogen (secondary N) is 1. The van der Waals surface area contributed by atoms with Gasteiger partial charge < -0.3 is 15.7 Å². The molecule has 2 aliphatic rings. The number of rotatable bonds is 1. The lowest BCUT2D eigenvalue weighted by Crippen LogP contribution is -2.48. The number of hydrogen-bond donors (Lipinski definition) is 3. The Hall–Kier alpha value is -1.56. The van der Waals surface area contributed by atoms with Crippen LogP contribution in [-0.4, -0.2) is 44.3 Å². The summed E-state index contributed by atoms with van der Waals surface area (Å²) in [4.78, 5) is 14.2. The lowest BCUT2D eigenvalue weighted by atomic mass is 9.99. The largest absolute Gasteiger partial charge is 0.393 e. The van der Waals surface area contributed by atoms with E-state index >= 15 is 0 Å². The van der Waals surface area contributed by atoms with Crippen LogP contribution in [0.3, 0.4) is 0 Å². The Kier molecular flexibility index (Phi) is 2.32. The number of carbonyl (C=O) groups is 1. The van der Waals surface area contributed by atoms with Crippen molar-refractivity contribution in [2.75, 3.05) is 5.73 Å². The molecule has 0 spiro atoms. The lowest BCUT2D eigenvalue weighted by Gasteiger charge is -2.37. The van der Waals surface area contributed by atoms with E-state index in [9.17, 15) is 9.90 Å². The van der Waals surface area contributed by atoms with Gasteiger partial charge in [0, 0.05) is 12.1 Å². The van der Waals surface area contributed by atoms with Gasteiger partial charge in [0.05, 0.1) is 12.3 Å². The van der Waals surface area contributed by atoms with Crippen molar-refractivity contribution in [2.45, 2.75) is 43.9 Å². The fourth-order valence-electron chi connectivity index (χ4n) is 3.09. The predicted octanol–water partition coefficient (Wildman–Crippen LogP) is 0.120. The molecule has 0 aromatic carbocycles. The first-order valence-corrected chi connectivity index (χ1v) is 5.96. The number of H-pyrrole nitrogens is 1. The maximum atomic E-state index is 12.4. The number of nitrogens with two attached hydrogens (primary N) is 1. The molecule has 3 rings (SSSR count). The van der Waals surface area contributed by atoms with Crippen LogP contribution in [0.1, 0.15) is 36.0 Å². The summed E-state index contributed by atoms with van der Waals surface area (Å²) in [7, 11) is 0. The number of amides is 1. The number of hydrogen-bond acceptors (Lipinski definition) is 4. The van der Waals surface area contributed by atoms with Crippen LogP contribution >= 0.6 is 0 Å². The smallest absolute Gasteiger partial charge is 0.259 e. The zero-order valence-corrected chi connectivity index (χ0v) is 9.47. The monoisotopic (exact) mass is 236 g/mol. The summed E-state index contributed by atoms with van der Waals surface area (Å²) in [6.07, 6.45) is 4.52. The van der Waals surface area contributed by atoms with E-state index in [1.54, 1.807) is 0 Å². The second-order valence-corrected chi connectivity index (χ2v) is 4.92. The zero-order valence-electron chi connectivity index (χ0n) is 9.47. The maximum Gasteiger partial charge on any atom is 0.259 e. The first kappa shape index (κ1) is 10.6. The van der Waals surface area contributed by atoms with Crippen LogP contribution < -0.4 is 5.73 Å². The molecule has 17 heavy (non-hydrogen) atoms. The van der Waals surface area contributed by atoms with Crippen LogP contribution in [-0.2, 0) is 0 Å². The third-order valence-corrected chi connectivity index (χ3v) is 3.84. The SMILES string of the molecule is Nc1[nH]ncc1C(=O)N1C2CCC1CC(O)C2. The molecule has 0 saturated carbocycles. The maximum absolute atomic E-state index is 12.4. The number of carbonyl (C=O) groups excluding carboxylic acids is 1. The van der Waals surface area contributed by atoms with Crippen molar-refractivity contribution in [1.82, 2.24) is 15.1 Å². The number of nitrogen functional groups attached to an aromatic ring is 1. The van der Waals surface area contributed by atoms with Gasteiger partial charge in [-0.1, -0.05) is 0 Å². The summed E-state index contributed by atoms with van der Waals surface area (Å²) in [6, 6.07) is 0.316. The van der Waals surface area contributed by atoms with Crippen molar-refractivity contribution in [1.29, 1.82) is 0 Å². The van der Waals surface area contributed by atoms with E-state index < -0.39 is 0 Å². The predicted molar refractivity (Wildman–Crippen MR) is 61.2 cm³/mol.